The Kier molecular flexibility index (Phi) is 6.63. The van der Waals surface area contributed by atoms with Crippen LogP contribution in [0.5, 0.6) is 11.5 Å². The van der Waals surface area contributed by atoms with Gasteiger partial charge in [-0.3, -0.25) is 24.6 Å². The molecule has 12 nitrogen and oxygen atoms in total. The Hall–Kier alpha value is -4.68. The summed E-state index contributed by atoms with van der Waals surface area (Å²) in [5.41, 5.74) is 2.65. The summed E-state index contributed by atoms with van der Waals surface area (Å²) in [7, 11) is 3.10. The van der Waals surface area contributed by atoms with Crippen LogP contribution in [0.25, 0.3) is 0 Å². The number of benzene rings is 2. The first kappa shape index (κ1) is 27.9. The summed E-state index contributed by atoms with van der Waals surface area (Å²) in [6.45, 7) is 1.88. The van der Waals surface area contributed by atoms with Crippen molar-refractivity contribution < 1.29 is 44.3 Å². The van der Waals surface area contributed by atoms with Crippen molar-refractivity contribution in [3.8, 4) is 11.5 Å². The number of phenolic OH excluding ortho intramolecular Hbond substituents is 1. The first-order valence-corrected chi connectivity index (χ1v) is 12.8. The normalized spacial score (nSPS) is 25.4. The summed E-state index contributed by atoms with van der Waals surface area (Å²) < 4.78 is 5.33. The number of ketones is 2. The van der Waals surface area contributed by atoms with Gasteiger partial charge in [0, 0.05) is 17.2 Å². The fraction of sp³-hybridized carbons (Fsp3) is 0.310. The smallest absolute Gasteiger partial charge is 0.417 e. The molecule has 0 aliphatic heterocycles. The van der Waals surface area contributed by atoms with Gasteiger partial charge in [-0.2, -0.15) is 0 Å². The van der Waals surface area contributed by atoms with Gasteiger partial charge in [0.2, 0.25) is 5.78 Å². The molecule has 0 heterocycles. The molecule has 2 amide bonds. The van der Waals surface area contributed by atoms with Crippen LogP contribution in [0.1, 0.15) is 27.9 Å². The monoisotopic (exact) mass is 563 g/mol. The van der Waals surface area contributed by atoms with Crippen LogP contribution in [0.3, 0.4) is 0 Å². The fourth-order valence-electron chi connectivity index (χ4n) is 6.22. The average molecular weight is 564 g/mol. The van der Waals surface area contributed by atoms with Crippen LogP contribution in [0.15, 0.2) is 59.1 Å². The summed E-state index contributed by atoms with van der Waals surface area (Å²) in [4.78, 5) is 53.3. The quantitative estimate of drug-likeness (QED) is 0.236. The Morgan fingerprint density at radius 3 is 2.34 bits per heavy atom. The van der Waals surface area contributed by atoms with Gasteiger partial charge in [-0.15, -0.1) is 0 Å². The minimum Gasteiger partial charge on any atom is -0.510 e. The van der Waals surface area contributed by atoms with E-state index in [9.17, 15) is 39.6 Å². The number of likely N-dealkylation sites (N-methyl/N-ethyl adjacent to an activating group) is 1. The number of nitrogens with two attached hydrogens (primary N) is 1. The molecule has 41 heavy (non-hydrogen) atoms. The van der Waals surface area contributed by atoms with Gasteiger partial charge in [0.25, 0.3) is 5.91 Å². The number of carbonyl (C=O) groups is 4. The number of nitrogens with zero attached hydrogens (tertiary/aromatic N) is 1. The van der Waals surface area contributed by atoms with Crippen LogP contribution in [-0.4, -0.2) is 74.6 Å². The number of aryl methyl sites for hydroxylation is 1. The van der Waals surface area contributed by atoms with Crippen molar-refractivity contribution in [2.24, 2.45) is 17.6 Å². The lowest BCUT2D eigenvalue weighted by Gasteiger charge is -2.50. The van der Waals surface area contributed by atoms with Crippen LogP contribution >= 0.6 is 0 Å². The summed E-state index contributed by atoms with van der Waals surface area (Å²) in [6.07, 6.45) is -0.895. The maximum Gasteiger partial charge on any atom is 0.417 e. The molecule has 0 spiro atoms. The Morgan fingerprint density at radius 2 is 1.73 bits per heavy atom. The second-order valence-corrected chi connectivity index (χ2v) is 10.8. The number of hydrogen-bond acceptors (Lipinski definition) is 10. The average Bonchev–Trinajstić information content (AvgIpc) is 2.89. The first-order chi connectivity index (χ1) is 19.3. The molecule has 0 saturated carbocycles. The molecule has 0 aromatic heterocycles. The number of aromatic hydroxyl groups is 1. The van der Waals surface area contributed by atoms with Crippen LogP contribution < -0.4 is 15.8 Å². The van der Waals surface area contributed by atoms with E-state index in [4.69, 9.17) is 10.5 Å². The number of carbonyl (C=O) groups excluding carboxylic acids is 4. The molecular formula is C29H29N3O9. The number of phenols is 1. The number of rotatable bonds is 4. The number of aliphatic hydroxyl groups is 3. The first-order valence-electron chi connectivity index (χ1n) is 12.8. The molecule has 4 atom stereocenters. The number of Topliss-reactive ketones (excluding diaryl/α,β-unsaturated/α-hetero) is 2. The highest BCUT2D eigenvalue weighted by Gasteiger charge is 2.63. The van der Waals surface area contributed by atoms with Crippen LogP contribution in [0.2, 0.25) is 0 Å². The minimum atomic E-state index is -2.73. The molecule has 0 fully saturated rings. The van der Waals surface area contributed by atoms with Crippen molar-refractivity contribution in [1.29, 1.82) is 0 Å². The van der Waals surface area contributed by atoms with Gasteiger partial charge in [0.1, 0.15) is 28.6 Å². The number of anilines is 1. The van der Waals surface area contributed by atoms with E-state index in [1.807, 2.05) is 6.92 Å². The van der Waals surface area contributed by atoms with Crippen LogP contribution in [0.4, 0.5) is 10.5 Å². The predicted molar refractivity (Wildman–Crippen MR) is 144 cm³/mol. The molecule has 0 saturated heterocycles. The number of fused-ring (bicyclic) bond motifs is 3. The molecular weight excluding hydrogens is 534 g/mol. The second-order valence-electron chi connectivity index (χ2n) is 10.8. The van der Waals surface area contributed by atoms with E-state index in [0.29, 0.717) is 5.75 Å². The van der Waals surface area contributed by atoms with Gasteiger partial charge in [-0.1, -0.05) is 17.7 Å². The van der Waals surface area contributed by atoms with Crippen molar-refractivity contribution in [3.05, 3.63) is 75.8 Å². The summed E-state index contributed by atoms with van der Waals surface area (Å²) in [5.74, 6) is -7.17. The molecule has 7 N–H and O–H groups in total. The van der Waals surface area contributed by atoms with Gasteiger partial charge in [0.15, 0.2) is 11.4 Å². The summed E-state index contributed by atoms with van der Waals surface area (Å²) in [5, 5.41) is 47.1. The van der Waals surface area contributed by atoms with E-state index >= 15 is 0 Å². The maximum absolute atomic E-state index is 13.8. The molecule has 2 aromatic carbocycles. The molecule has 0 bridgehead atoms. The molecule has 0 unspecified atom stereocenters. The van der Waals surface area contributed by atoms with Gasteiger partial charge in [-0.05, 0) is 69.6 Å². The third kappa shape index (κ3) is 4.23. The zero-order valence-corrected chi connectivity index (χ0v) is 22.5. The number of ether oxygens (including phenoxy) is 1. The van der Waals surface area contributed by atoms with Crippen molar-refractivity contribution in [3.63, 3.8) is 0 Å². The number of aliphatic hydroxyl groups excluding tert-OH is 2. The number of allylic oxidation sites excluding steroid dienone is 1. The van der Waals surface area contributed by atoms with Gasteiger partial charge in [0.05, 0.1) is 11.6 Å². The van der Waals surface area contributed by atoms with E-state index in [1.165, 1.54) is 17.0 Å². The van der Waals surface area contributed by atoms with Crippen molar-refractivity contribution in [1.82, 2.24) is 4.90 Å². The van der Waals surface area contributed by atoms with Gasteiger partial charge >= 0.3 is 6.09 Å². The van der Waals surface area contributed by atoms with Crippen LogP contribution in [0, 0.1) is 18.8 Å². The fourth-order valence-corrected chi connectivity index (χ4v) is 6.22. The van der Waals surface area contributed by atoms with Crippen molar-refractivity contribution >= 4 is 29.3 Å². The number of nitrogens with one attached hydrogen (secondary N) is 1. The third-order valence-corrected chi connectivity index (χ3v) is 8.07. The third-order valence-electron chi connectivity index (χ3n) is 8.07. The molecule has 0 radical (unpaired) electrons. The SMILES string of the molecule is Cc1ccc(OC(=O)Nc2ccc(O)c3c2C[C@H]2C[C@H]4[C@@H](N(C)C)C(O)=C(C(N)=O)C(=O)[C@]4(O)C(O)=C2C3=O)cc1. The van der Waals surface area contributed by atoms with Crippen LogP contribution in [-0.2, 0) is 16.0 Å². The predicted octanol–water partition coefficient (Wildman–Crippen LogP) is 2.04. The van der Waals surface area contributed by atoms with E-state index in [0.717, 1.165) is 5.56 Å². The Morgan fingerprint density at radius 1 is 1.07 bits per heavy atom. The summed E-state index contributed by atoms with van der Waals surface area (Å²) >= 11 is 0. The largest absolute Gasteiger partial charge is 0.510 e. The maximum atomic E-state index is 13.8. The molecule has 2 aromatic rings. The lowest BCUT2D eigenvalue weighted by molar-refractivity contribution is -0.148. The van der Waals surface area contributed by atoms with Gasteiger partial charge in [-0.25, -0.2) is 4.79 Å². The molecule has 214 valence electrons. The summed E-state index contributed by atoms with van der Waals surface area (Å²) in [6, 6.07) is 8.27. The highest BCUT2D eigenvalue weighted by molar-refractivity contribution is 6.25. The second kappa shape index (κ2) is 9.75. The minimum absolute atomic E-state index is 0.0169. The van der Waals surface area contributed by atoms with Crippen molar-refractivity contribution in [2.75, 3.05) is 19.4 Å². The number of primary amides is 1. The number of amides is 2. The topological polar surface area (TPSA) is 200 Å². The molecule has 5 rings (SSSR count). The highest BCUT2D eigenvalue weighted by Crippen LogP contribution is 2.52. The standard InChI is InChI=1S/C29H29N3O9/c1-12-4-6-14(7-5-12)41-28(39)31-17-8-9-18(33)20-15(17)10-13-11-16-22(32(2)3)24(35)21(27(30)38)26(37)29(16,40)25(36)19(13)23(20)34/h4-9,13,16,22,33,35-36,40H,10-11H2,1-3H3,(H2,30,38)(H,31,39)/t13-,16-,22+,29+/m0/s1. The zero-order valence-electron chi connectivity index (χ0n) is 22.5. The zero-order chi connectivity index (χ0) is 30.0. The van der Waals surface area contributed by atoms with E-state index in [2.05, 4.69) is 5.32 Å². The lowest BCUT2D eigenvalue weighted by atomic mass is 9.58. The molecule has 3 aliphatic carbocycles. The van der Waals surface area contributed by atoms with Crippen molar-refractivity contribution in [2.45, 2.75) is 31.4 Å². The molecule has 12 heteroatoms. The van der Waals surface area contributed by atoms with E-state index in [-0.39, 0.29) is 35.2 Å². The highest BCUT2D eigenvalue weighted by atomic mass is 16.6. The Bertz CT molecular complexity index is 1570. The van der Waals surface area contributed by atoms with Gasteiger partial charge < -0.3 is 30.9 Å². The van der Waals surface area contributed by atoms with E-state index in [1.54, 1.807) is 38.4 Å². The Labute approximate surface area is 234 Å². The Balaban J connectivity index is 1.57. The lowest BCUT2D eigenvalue weighted by Crippen LogP contribution is -2.63. The number of hydrogen-bond donors (Lipinski definition) is 6. The molecule has 3 aliphatic rings. The van der Waals surface area contributed by atoms with E-state index < -0.39 is 69.9 Å².